The maximum atomic E-state index is 12.9. The number of amides is 2. The molecule has 0 radical (unpaired) electrons. The topological polar surface area (TPSA) is 40.6 Å². The second kappa shape index (κ2) is 8.16. The first-order valence-electron chi connectivity index (χ1n) is 9.97. The fraction of sp³-hybridized carbons (Fsp3) is 0.714. The molecule has 2 saturated heterocycles. The first-order valence-corrected chi connectivity index (χ1v) is 11.8. The number of thiophene rings is 1. The van der Waals surface area contributed by atoms with Crippen LogP contribution in [-0.4, -0.2) is 51.9 Å². The molecule has 0 aliphatic carbocycles. The molecular weight excluding hydrogens is 376 g/mol. The number of piperidine rings is 1. The Bertz CT molecular complexity index is 658. The predicted octanol–water partition coefficient (Wildman–Crippen LogP) is 4.72. The van der Waals surface area contributed by atoms with Crippen molar-refractivity contribution >= 4 is 34.9 Å². The van der Waals surface area contributed by atoms with E-state index in [1.807, 2.05) is 34.2 Å². The fourth-order valence-corrected chi connectivity index (χ4v) is 6.62. The lowest BCUT2D eigenvalue weighted by atomic mass is 9.84. The Kier molecular flexibility index (Phi) is 6.26. The summed E-state index contributed by atoms with van der Waals surface area (Å²) in [5.41, 5.74) is 0.259. The van der Waals surface area contributed by atoms with Crippen LogP contribution in [0.25, 0.3) is 0 Å². The average Bonchev–Trinajstić information content (AvgIpc) is 3.23. The summed E-state index contributed by atoms with van der Waals surface area (Å²) in [5.74, 6) is 1.84. The van der Waals surface area contributed by atoms with E-state index < -0.39 is 0 Å². The highest BCUT2D eigenvalue weighted by Gasteiger charge is 2.47. The van der Waals surface area contributed by atoms with Gasteiger partial charge in [-0.05, 0) is 42.0 Å². The Morgan fingerprint density at radius 3 is 2.52 bits per heavy atom. The summed E-state index contributed by atoms with van der Waals surface area (Å²) in [6.07, 6.45) is 3.47. The van der Waals surface area contributed by atoms with Gasteiger partial charge in [-0.2, -0.15) is 0 Å². The van der Waals surface area contributed by atoms with E-state index in [-0.39, 0.29) is 22.1 Å². The highest BCUT2D eigenvalue weighted by Crippen LogP contribution is 2.45. The number of nitrogens with zero attached hydrogens (tertiary/aromatic N) is 2. The molecular formula is C21H32N2O2S2. The zero-order valence-corrected chi connectivity index (χ0v) is 18.6. The van der Waals surface area contributed by atoms with Gasteiger partial charge in [0.2, 0.25) is 5.91 Å². The zero-order chi connectivity index (χ0) is 19.7. The van der Waals surface area contributed by atoms with Crippen LogP contribution in [0.15, 0.2) is 17.5 Å². The molecule has 1 atom stereocenters. The van der Waals surface area contributed by atoms with E-state index in [9.17, 15) is 9.59 Å². The molecule has 1 aromatic heterocycles. The van der Waals surface area contributed by atoms with Crippen LogP contribution in [-0.2, 0) is 4.79 Å². The summed E-state index contributed by atoms with van der Waals surface area (Å²) in [5, 5.41) is 1.96. The van der Waals surface area contributed by atoms with Crippen LogP contribution in [0.1, 0.15) is 63.0 Å². The second-order valence-corrected chi connectivity index (χ2v) is 11.6. The summed E-state index contributed by atoms with van der Waals surface area (Å²) < 4.78 is 0. The number of likely N-dealkylation sites (tertiary alicyclic amines) is 1. The lowest BCUT2D eigenvalue weighted by molar-refractivity contribution is -0.133. The minimum atomic E-state index is -0.116. The molecule has 0 bridgehead atoms. The van der Waals surface area contributed by atoms with E-state index in [4.69, 9.17) is 0 Å². The van der Waals surface area contributed by atoms with Crippen LogP contribution in [0.2, 0.25) is 0 Å². The number of carbonyl (C=O) groups is 2. The van der Waals surface area contributed by atoms with Crippen LogP contribution in [0.5, 0.6) is 0 Å². The van der Waals surface area contributed by atoms with Crippen molar-refractivity contribution in [2.24, 2.45) is 11.3 Å². The van der Waals surface area contributed by atoms with Crippen LogP contribution in [0.4, 0.5) is 0 Å². The Morgan fingerprint density at radius 1 is 1.22 bits per heavy atom. The molecule has 4 nitrogen and oxygen atoms in total. The van der Waals surface area contributed by atoms with E-state index in [1.165, 1.54) is 11.3 Å². The van der Waals surface area contributed by atoms with Gasteiger partial charge < -0.3 is 9.80 Å². The van der Waals surface area contributed by atoms with Crippen molar-refractivity contribution in [1.29, 1.82) is 0 Å². The molecule has 2 fully saturated rings. The van der Waals surface area contributed by atoms with Crippen LogP contribution in [0.3, 0.4) is 0 Å². The Labute approximate surface area is 171 Å². The molecule has 1 aromatic rings. The molecule has 150 valence electrons. The van der Waals surface area contributed by atoms with E-state index in [2.05, 4.69) is 32.6 Å². The number of rotatable bonds is 4. The second-order valence-electron chi connectivity index (χ2n) is 9.18. The largest absolute Gasteiger partial charge is 0.342 e. The lowest BCUT2D eigenvalue weighted by Crippen LogP contribution is -2.53. The van der Waals surface area contributed by atoms with Gasteiger partial charge in [-0.3, -0.25) is 9.59 Å². The van der Waals surface area contributed by atoms with Crippen molar-refractivity contribution < 1.29 is 9.59 Å². The molecule has 3 heterocycles. The smallest absolute Gasteiger partial charge is 0.265 e. The zero-order valence-electron chi connectivity index (χ0n) is 17.0. The third-order valence-corrected chi connectivity index (χ3v) is 7.95. The molecule has 0 N–H and O–H groups in total. The van der Waals surface area contributed by atoms with Gasteiger partial charge in [0, 0.05) is 31.8 Å². The van der Waals surface area contributed by atoms with E-state index in [0.717, 1.165) is 49.5 Å². The summed E-state index contributed by atoms with van der Waals surface area (Å²) in [7, 11) is 0. The molecule has 2 aliphatic rings. The monoisotopic (exact) mass is 408 g/mol. The van der Waals surface area contributed by atoms with E-state index in [1.54, 1.807) is 0 Å². The first-order chi connectivity index (χ1) is 12.7. The number of thioether (sulfide) groups is 1. The molecule has 0 unspecified atom stereocenters. The van der Waals surface area contributed by atoms with Gasteiger partial charge in [-0.1, -0.05) is 33.8 Å². The molecule has 2 aliphatic heterocycles. The maximum Gasteiger partial charge on any atom is 0.265 e. The van der Waals surface area contributed by atoms with Crippen LogP contribution >= 0.6 is 23.1 Å². The minimum Gasteiger partial charge on any atom is -0.342 e. The number of carbonyl (C=O) groups excluding carboxylic acids is 2. The number of hydrogen-bond donors (Lipinski definition) is 0. The lowest BCUT2D eigenvalue weighted by Gasteiger charge is -2.44. The summed E-state index contributed by atoms with van der Waals surface area (Å²) >= 11 is 3.42. The van der Waals surface area contributed by atoms with Crippen LogP contribution in [0, 0.1) is 11.3 Å². The standard InChI is InChI=1S/C21H32N2O2S2/c1-16(15-20(2,3)4)14-18(24)22-9-7-21(8-10-22)23(11-13-27-21)19(25)17-6-5-12-26-17/h5-6,12,16H,7-11,13-15H2,1-4H3/t16-/m1/s1. The van der Waals surface area contributed by atoms with Crippen molar-refractivity contribution in [2.75, 3.05) is 25.4 Å². The third-order valence-electron chi connectivity index (χ3n) is 5.54. The quantitative estimate of drug-likeness (QED) is 0.724. The van der Waals surface area contributed by atoms with Gasteiger partial charge in [0.1, 0.15) is 0 Å². The first kappa shape index (κ1) is 20.7. The molecule has 0 saturated carbocycles. The van der Waals surface area contributed by atoms with Crippen molar-refractivity contribution in [3.63, 3.8) is 0 Å². The van der Waals surface area contributed by atoms with Crippen molar-refractivity contribution in [3.8, 4) is 0 Å². The van der Waals surface area contributed by atoms with Crippen molar-refractivity contribution in [2.45, 2.75) is 58.2 Å². The normalized spacial score (nSPS) is 20.9. The molecule has 1 spiro atoms. The number of hydrogen-bond acceptors (Lipinski definition) is 4. The van der Waals surface area contributed by atoms with Crippen LogP contribution < -0.4 is 0 Å². The minimum absolute atomic E-state index is 0.116. The van der Waals surface area contributed by atoms with Gasteiger partial charge >= 0.3 is 0 Å². The molecule has 3 rings (SSSR count). The van der Waals surface area contributed by atoms with Crippen molar-refractivity contribution in [1.82, 2.24) is 9.80 Å². The summed E-state index contributed by atoms with van der Waals surface area (Å²) in [4.78, 5) is 30.5. The Balaban J connectivity index is 1.57. The van der Waals surface area contributed by atoms with Gasteiger partial charge in [-0.15, -0.1) is 23.1 Å². The van der Waals surface area contributed by atoms with E-state index in [0.29, 0.717) is 12.3 Å². The van der Waals surface area contributed by atoms with E-state index >= 15 is 0 Å². The fourth-order valence-electron chi connectivity index (χ4n) is 4.49. The average molecular weight is 409 g/mol. The molecule has 6 heteroatoms. The molecule has 27 heavy (non-hydrogen) atoms. The Hall–Kier alpha value is -1.01. The summed E-state index contributed by atoms with van der Waals surface area (Å²) in [6, 6.07) is 3.85. The molecule has 0 aromatic carbocycles. The maximum absolute atomic E-state index is 12.9. The van der Waals surface area contributed by atoms with Gasteiger partial charge in [0.15, 0.2) is 0 Å². The predicted molar refractivity (Wildman–Crippen MR) is 114 cm³/mol. The third kappa shape index (κ3) is 4.89. The van der Waals surface area contributed by atoms with Crippen molar-refractivity contribution in [3.05, 3.63) is 22.4 Å². The molecule has 2 amide bonds. The van der Waals surface area contributed by atoms with Gasteiger partial charge in [0.05, 0.1) is 9.75 Å². The SMILES string of the molecule is C[C@H](CC(=O)N1CCC2(CC1)SCCN2C(=O)c1cccs1)CC(C)(C)C. The summed E-state index contributed by atoms with van der Waals surface area (Å²) in [6.45, 7) is 11.2. The van der Waals surface area contributed by atoms with Gasteiger partial charge in [-0.25, -0.2) is 0 Å². The Morgan fingerprint density at radius 2 is 1.93 bits per heavy atom. The van der Waals surface area contributed by atoms with Gasteiger partial charge in [0.25, 0.3) is 5.91 Å². The highest BCUT2D eigenvalue weighted by molar-refractivity contribution is 8.00. The highest BCUT2D eigenvalue weighted by atomic mass is 32.2.